The van der Waals surface area contributed by atoms with Gasteiger partial charge in [0.2, 0.25) is 0 Å². The molecule has 34 heavy (non-hydrogen) atoms. The van der Waals surface area contributed by atoms with Crippen molar-refractivity contribution < 1.29 is 4.74 Å². The third kappa shape index (κ3) is 3.31. The number of imidazole rings is 1. The fraction of sp³-hybridized carbons (Fsp3) is 0.500. The molecule has 2 aliphatic heterocycles. The number of fused-ring (bicyclic) bond motifs is 2. The number of likely N-dealkylation sites (tertiary alicyclic amines) is 1. The summed E-state index contributed by atoms with van der Waals surface area (Å²) < 4.78 is 9.28. The molecule has 0 bridgehead atoms. The predicted molar refractivity (Wildman–Crippen MR) is 133 cm³/mol. The van der Waals surface area contributed by atoms with E-state index in [9.17, 15) is 4.79 Å². The first-order valence-corrected chi connectivity index (χ1v) is 12.3. The van der Waals surface area contributed by atoms with Crippen molar-refractivity contribution in [3.05, 3.63) is 51.8 Å². The molecule has 0 spiro atoms. The summed E-state index contributed by atoms with van der Waals surface area (Å²) in [4.78, 5) is 23.3. The van der Waals surface area contributed by atoms with E-state index in [2.05, 4.69) is 66.0 Å². The molecule has 8 nitrogen and oxygen atoms in total. The molecular weight excluding hydrogens is 428 g/mol. The summed E-state index contributed by atoms with van der Waals surface area (Å²) in [7, 11) is 0. The van der Waals surface area contributed by atoms with Crippen LogP contribution in [-0.2, 0) is 4.74 Å². The monoisotopic (exact) mass is 460 g/mol. The van der Waals surface area contributed by atoms with E-state index >= 15 is 0 Å². The number of aromatic amines is 1. The Hall–Kier alpha value is -2.97. The third-order valence-corrected chi connectivity index (χ3v) is 7.86. The van der Waals surface area contributed by atoms with Crippen molar-refractivity contribution in [1.29, 1.82) is 0 Å². The average Bonchev–Trinajstić information content (AvgIpc) is 3.37. The Morgan fingerprint density at radius 1 is 1.12 bits per heavy atom. The number of H-pyrrole nitrogens is 1. The number of ether oxygens (including phenoxy) is 1. The first kappa shape index (κ1) is 21.6. The van der Waals surface area contributed by atoms with Crippen molar-refractivity contribution in [1.82, 2.24) is 29.0 Å². The Labute approximate surface area is 198 Å². The highest BCUT2D eigenvalue weighted by atomic mass is 16.5. The van der Waals surface area contributed by atoms with Gasteiger partial charge in [-0.2, -0.15) is 5.10 Å². The maximum absolute atomic E-state index is 13.2. The molecule has 0 radical (unpaired) electrons. The molecule has 6 rings (SSSR count). The fourth-order valence-electron chi connectivity index (χ4n) is 5.70. The Kier molecular flexibility index (Phi) is 5.11. The number of rotatable bonds is 4. The van der Waals surface area contributed by atoms with E-state index in [1.165, 1.54) is 11.1 Å². The molecule has 1 unspecified atom stereocenters. The molecule has 1 atom stereocenters. The minimum Gasteiger partial charge on any atom is -0.378 e. The first-order chi connectivity index (χ1) is 16.4. The highest BCUT2D eigenvalue weighted by Crippen LogP contribution is 2.37. The minimum absolute atomic E-state index is 0.0156. The molecule has 3 aromatic heterocycles. The molecule has 1 aromatic carbocycles. The molecule has 2 aliphatic rings. The van der Waals surface area contributed by atoms with E-state index < -0.39 is 0 Å². The number of pyridine rings is 1. The average molecular weight is 461 g/mol. The van der Waals surface area contributed by atoms with Gasteiger partial charge in [-0.3, -0.25) is 9.47 Å². The van der Waals surface area contributed by atoms with Crippen LogP contribution < -0.4 is 5.69 Å². The van der Waals surface area contributed by atoms with E-state index in [-0.39, 0.29) is 11.7 Å². The van der Waals surface area contributed by atoms with Crippen LogP contribution in [-0.4, -0.2) is 61.4 Å². The summed E-state index contributed by atoms with van der Waals surface area (Å²) in [5, 5.41) is 4.39. The second kappa shape index (κ2) is 8.06. The summed E-state index contributed by atoms with van der Waals surface area (Å²) in [6.07, 6.45) is 5.79. The molecule has 178 valence electrons. The van der Waals surface area contributed by atoms with Gasteiger partial charge in [-0.25, -0.2) is 14.3 Å². The number of aromatic nitrogens is 5. The normalized spacial score (nSPS) is 20.0. The van der Waals surface area contributed by atoms with Crippen LogP contribution in [0.5, 0.6) is 0 Å². The van der Waals surface area contributed by atoms with Gasteiger partial charge < -0.3 is 9.72 Å². The Morgan fingerprint density at radius 2 is 1.94 bits per heavy atom. The zero-order valence-corrected chi connectivity index (χ0v) is 20.3. The van der Waals surface area contributed by atoms with Gasteiger partial charge in [-0.15, -0.1) is 0 Å². The molecule has 1 N–H and O–H groups in total. The molecule has 0 saturated carbocycles. The van der Waals surface area contributed by atoms with E-state index in [1.807, 2.05) is 9.08 Å². The minimum atomic E-state index is -0.0156. The summed E-state index contributed by atoms with van der Waals surface area (Å²) in [6, 6.07) is 5.07. The van der Waals surface area contributed by atoms with Crippen molar-refractivity contribution in [2.75, 3.05) is 26.3 Å². The van der Waals surface area contributed by atoms with E-state index in [0.29, 0.717) is 12.0 Å². The Bertz CT molecular complexity index is 1440. The zero-order valence-electron chi connectivity index (χ0n) is 20.3. The number of piperidine rings is 1. The fourth-order valence-corrected chi connectivity index (χ4v) is 5.70. The highest BCUT2D eigenvalue weighted by Gasteiger charge is 2.32. The Morgan fingerprint density at radius 3 is 2.68 bits per heavy atom. The standard InChI is InChI=1S/C26H32N6O2/c1-15(2)20-9-24-23(8-21(20)22-11-31-25(27-14-28-31)17(4)16(22)3)29-26(33)32(24)18-6-5-7-30(10-18)19-12-34-13-19/h8-9,11,14-15,18-19H,5-7,10,12-13H2,1-4H3,(H,29,33). The van der Waals surface area contributed by atoms with Crippen molar-refractivity contribution >= 4 is 16.7 Å². The van der Waals surface area contributed by atoms with Crippen LogP contribution in [0.3, 0.4) is 0 Å². The van der Waals surface area contributed by atoms with Gasteiger partial charge in [0.25, 0.3) is 0 Å². The van der Waals surface area contributed by atoms with Crippen molar-refractivity contribution in [3.63, 3.8) is 0 Å². The molecule has 0 aliphatic carbocycles. The number of hydrogen-bond donors (Lipinski definition) is 1. The molecular formula is C26H32N6O2. The lowest BCUT2D eigenvalue weighted by molar-refractivity contribution is -0.0751. The maximum Gasteiger partial charge on any atom is 0.326 e. The summed E-state index contributed by atoms with van der Waals surface area (Å²) >= 11 is 0. The Balaban J connectivity index is 1.49. The lowest BCUT2D eigenvalue weighted by Gasteiger charge is -2.42. The number of aryl methyl sites for hydroxylation is 1. The predicted octanol–water partition coefficient (Wildman–Crippen LogP) is 3.82. The summed E-state index contributed by atoms with van der Waals surface area (Å²) in [5.74, 6) is 0.305. The number of nitrogens with zero attached hydrogens (tertiary/aromatic N) is 5. The SMILES string of the molecule is Cc1c(-c2cc3[nH]c(=O)n(C4CCCN(C5COC5)C4)c3cc2C(C)C)cn2ncnc2c1C. The van der Waals surface area contributed by atoms with Gasteiger partial charge in [0.05, 0.1) is 36.3 Å². The second-order valence-electron chi connectivity index (χ2n) is 10.2. The number of hydrogen-bond acceptors (Lipinski definition) is 5. The van der Waals surface area contributed by atoms with E-state index in [1.54, 1.807) is 6.33 Å². The van der Waals surface area contributed by atoms with Crippen LogP contribution in [0, 0.1) is 13.8 Å². The van der Waals surface area contributed by atoms with Gasteiger partial charge in [0.15, 0.2) is 5.65 Å². The van der Waals surface area contributed by atoms with E-state index in [0.717, 1.165) is 72.5 Å². The van der Waals surface area contributed by atoms with E-state index in [4.69, 9.17) is 4.74 Å². The quantitative estimate of drug-likeness (QED) is 0.501. The van der Waals surface area contributed by atoms with Crippen LogP contribution in [0.25, 0.3) is 27.8 Å². The highest BCUT2D eigenvalue weighted by molar-refractivity contribution is 5.86. The van der Waals surface area contributed by atoms with Gasteiger partial charge in [0.1, 0.15) is 6.33 Å². The molecule has 0 amide bonds. The van der Waals surface area contributed by atoms with Crippen LogP contribution in [0.2, 0.25) is 0 Å². The van der Waals surface area contributed by atoms with Crippen molar-refractivity contribution in [2.45, 2.75) is 58.5 Å². The zero-order chi connectivity index (χ0) is 23.6. The van der Waals surface area contributed by atoms with Crippen molar-refractivity contribution in [2.24, 2.45) is 0 Å². The van der Waals surface area contributed by atoms with Crippen LogP contribution in [0.4, 0.5) is 0 Å². The van der Waals surface area contributed by atoms with Gasteiger partial charge in [0, 0.05) is 18.3 Å². The summed E-state index contributed by atoms with van der Waals surface area (Å²) in [6.45, 7) is 12.3. The third-order valence-electron chi connectivity index (χ3n) is 7.86. The van der Waals surface area contributed by atoms with Crippen LogP contribution in [0.1, 0.15) is 55.3 Å². The van der Waals surface area contributed by atoms with Crippen LogP contribution in [0.15, 0.2) is 29.5 Å². The van der Waals surface area contributed by atoms with Gasteiger partial charge >= 0.3 is 5.69 Å². The van der Waals surface area contributed by atoms with Gasteiger partial charge in [-0.05, 0) is 73.5 Å². The molecule has 4 aromatic rings. The lowest BCUT2D eigenvalue weighted by atomic mass is 9.89. The lowest BCUT2D eigenvalue weighted by Crippen LogP contribution is -2.53. The summed E-state index contributed by atoms with van der Waals surface area (Å²) in [5.41, 5.74) is 8.59. The largest absolute Gasteiger partial charge is 0.378 e. The van der Waals surface area contributed by atoms with Crippen LogP contribution >= 0.6 is 0 Å². The van der Waals surface area contributed by atoms with Crippen molar-refractivity contribution in [3.8, 4) is 11.1 Å². The molecule has 2 fully saturated rings. The number of benzene rings is 1. The first-order valence-electron chi connectivity index (χ1n) is 12.3. The van der Waals surface area contributed by atoms with Gasteiger partial charge in [-0.1, -0.05) is 13.8 Å². The molecule has 2 saturated heterocycles. The number of nitrogens with one attached hydrogen (secondary N) is 1. The topological polar surface area (TPSA) is 80.5 Å². The molecule has 5 heterocycles. The second-order valence-corrected chi connectivity index (χ2v) is 10.2. The molecule has 8 heteroatoms. The smallest absolute Gasteiger partial charge is 0.326 e. The maximum atomic E-state index is 13.2.